The molecule has 0 saturated heterocycles. The minimum atomic E-state index is -1.93. The van der Waals surface area contributed by atoms with Crippen molar-refractivity contribution in [3.8, 4) is 0 Å². The lowest BCUT2D eigenvalue weighted by Gasteiger charge is -1.94. The summed E-state index contributed by atoms with van der Waals surface area (Å²) >= 11 is -1.93. The largest absolute Gasteiger partial charge is 0.772 e. The van der Waals surface area contributed by atoms with Crippen LogP contribution in [0.15, 0.2) is 12.7 Å². The SMILES string of the molecule is C=CCS(=O)[O-]. The molecule has 0 aromatic rings. The summed E-state index contributed by atoms with van der Waals surface area (Å²) in [5.74, 6) is 0.0556. The molecule has 1 unspecified atom stereocenters. The van der Waals surface area contributed by atoms with Gasteiger partial charge in [-0.2, -0.15) is 0 Å². The first kappa shape index (κ1) is 5.85. The maximum absolute atomic E-state index is 9.53. The Labute approximate surface area is 39.2 Å². The molecule has 0 amide bonds. The molecule has 0 N–H and O–H groups in total. The fourth-order valence-electron chi connectivity index (χ4n) is 0.0962. The second kappa shape index (κ2) is 3.06. The van der Waals surface area contributed by atoms with Gasteiger partial charge in [-0.05, 0) is 0 Å². The highest BCUT2D eigenvalue weighted by Gasteiger charge is 1.67. The van der Waals surface area contributed by atoms with Crippen LogP contribution in [0.5, 0.6) is 0 Å². The van der Waals surface area contributed by atoms with Crippen LogP contribution in [0.2, 0.25) is 0 Å². The van der Waals surface area contributed by atoms with Crippen LogP contribution in [-0.4, -0.2) is 14.5 Å². The number of hydrogen-bond acceptors (Lipinski definition) is 2. The molecule has 0 radical (unpaired) electrons. The van der Waals surface area contributed by atoms with Crippen LogP contribution in [0.1, 0.15) is 0 Å². The molecule has 36 valence electrons. The van der Waals surface area contributed by atoms with Gasteiger partial charge in [-0.3, -0.25) is 4.21 Å². The molecule has 0 aromatic carbocycles. The minimum Gasteiger partial charge on any atom is -0.772 e. The first-order valence-electron chi connectivity index (χ1n) is 1.44. The zero-order valence-electron chi connectivity index (χ0n) is 3.22. The zero-order valence-corrected chi connectivity index (χ0v) is 4.03. The maximum atomic E-state index is 9.53. The lowest BCUT2D eigenvalue weighted by atomic mass is 10.8. The van der Waals surface area contributed by atoms with E-state index < -0.39 is 11.1 Å². The summed E-state index contributed by atoms with van der Waals surface area (Å²) in [5.41, 5.74) is 0. The van der Waals surface area contributed by atoms with E-state index in [1.165, 1.54) is 6.08 Å². The first-order chi connectivity index (χ1) is 2.77. The van der Waals surface area contributed by atoms with Gasteiger partial charge >= 0.3 is 0 Å². The van der Waals surface area contributed by atoms with Crippen molar-refractivity contribution < 1.29 is 8.76 Å². The van der Waals surface area contributed by atoms with Crippen LogP contribution in [0.25, 0.3) is 0 Å². The van der Waals surface area contributed by atoms with E-state index in [1.54, 1.807) is 0 Å². The Balaban J connectivity index is 3.05. The van der Waals surface area contributed by atoms with Gasteiger partial charge in [-0.25, -0.2) is 0 Å². The highest BCUT2D eigenvalue weighted by atomic mass is 32.2. The van der Waals surface area contributed by atoms with Crippen LogP contribution in [0, 0.1) is 0 Å². The van der Waals surface area contributed by atoms with Crippen LogP contribution in [0.4, 0.5) is 0 Å². The molecular formula is C3H5O2S-. The minimum absolute atomic E-state index is 0.0556. The van der Waals surface area contributed by atoms with Gasteiger partial charge in [-0.1, -0.05) is 17.2 Å². The average molecular weight is 105 g/mol. The van der Waals surface area contributed by atoms with Crippen molar-refractivity contribution in [1.82, 2.24) is 0 Å². The van der Waals surface area contributed by atoms with E-state index >= 15 is 0 Å². The summed E-state index contributed by atoms with van der Waals surface area (Å²) in [7, 11) is 0. The highest BCUT2D eigenvalue weighted by molar-refractivity contribution is 7.79. The Morgan fingerprint density at radius 3 is 2.50 bits per heavy atom. The van der Waals surface area contributed by atoms with Gasteiger partial charge < -0.3 is 4.55 Å². The predicted octanol–water partition coefficient (Wildman–Crippen LogP) is 0.0515. The summed E-state index contributed by atoms with van der Waals surface area (Å²) in [6.07, 6.45) is 1.34. The van der Waals surface area contributed by atoms with Gasteiger partial charge in [0.25, 0.3) is 0 Å². The van der Waals surface area contributed by atoms with Crippen LogP contribution in [-0.2, 0) is 11.1 Å². The molecule has 6 heavy (non-hydrogen) atoms. The van der Waals surface area contributed by atoms with E-state index in [1.807, 2.05) is 0 Å². The number of rotatable bonds is 2. The third kappa shape index (κ3) is 3.85. The third-order valence-corrected chi connectivity index (χ3v) is 0.762. The van der Waals surface area contributed by atoms with Crippen LogP contribution < -0.4 is 0 Å². The van der Waals surface area contributed by atoms with E-state index in [2.05, 4.69) is 6.58 Å². The van der Waals surface area contributed by atoms with Gasteiger partial charge in [0.2, 0.25) is 0 Å². The molecule has 0 aliphatic rings. The first-order valence-corrected chi connectivity index (χ1v) is 2.68. The van der Waals surface area contributed by atoms with Gasteiger partial charge in [0, 0.05) is 5.75 Å². The molecular weight excluding hydrogens is 100 g/mol. The normalized spacial score (nSPS) is 13.5. The predicted molar refractivity (Wildman–Crippen MR) is 24.0 cm³/mol. The molecule has 2 nitrogen and oxygen atoms in total. The molecule has 0 rings (SSSR count). The smallest absolute Gasteiger partial charge is 0.0279 e. The van der Waals surface area contributed by atoms with E-state index in [4.69, 9.17) is 0 Å². The summed E-state index contributed by atoms with van der Waals surface area (Å²) in [5, 5.41) is 0. The van der Waals surface area contributed by atoms with Crippen molar-refractivity contribution >= 4 is 11.1 Å². The van der Waals surface area contributed by atoms with Gasteiger partial charge in [0.05, 0.1) is 0 Å². The standard InChI is InChI=1S/C3H6O2S/c1-2-3-6(4)5/h2H,1,3H2,(H,4,5)/p-1. The quantitative estimate of drug-likeness (QED) is 0.368. The van der Waals surface area contributed by atoms with Gasteiger partial charge in [-0.15, -0.1) is 6.58 Å². The maximum Gasteiger partial charge on any atom is 0.0279 e. The summed E-state index contributed by atoms with van der Waals surface area (Å²) in [4.78, 5) is 0. The Morgan fingerprint density at radius 1 is 2.00 bits per heavy atom. The molecule has 0 bridgehead atoms. The van der Waals surface area contributed by atoms with E-state index in [9.17, 15) is 8.76 Å². The Morgan fingerprint density at radius 2 is 2.50 bits per heavy atom. The van der Waals surface area contributed by atoms with Crippen molar-refractivity contribution in [3.63, 3.8) is 0 Å². The molecule has 0 aliphatic carbocycles. The van der Waals surface area contributed by atoms with Gasteiger partial charge in [0.1, 0.15) is 0 Å². The Kier molecular flexibility index (Phi) is 2.98. The molecule has 0 spiro atoms. The molecule has 0 aliphatic heterocycles. The van der Waals surface area contributed by atoms with Crippen molar-refractivity contribution in [1.29, 1.82) is 0 Å². The Hall–Kier alpha value is -0.150. The van der Waals surface area contributed by atoms with E-state index in [0.29, 0.717) is 0 Å². The monoisotopic (exact) mass is 105 g/mol. The zero-order chi connectivity index (χ0) is 4.99. The Bertz CT molecular complexity index is 69.2. The van der Waals surface area contributed by atoms with Crippen molar-refractivity contribution in [2.45, 2.75) is 0 Å². The molecule has 0 aromatic heterocycles. The molecule has 3 heteroatoms. The van der Waals surface area contributed by atoms with Crippen LogP contribution >= 0.6 is 0 Å². The van der Waals surface area contributed by atoms with E-state index in [0.717, 1.165) is 0 Å². The third-order valence-electron chi connectivity index (χ3n) is 0.254. The fraction of sp³-hybridized carbons (Fsp3) is 0.333. The molecule has 0 saturated carbocycles. The van der Waals surface area contributed by atoms with Crippen molar-refractivity contribution in [2.24, 2.45) is 0 Å². The summed E-state index contributed by atoms with van der Waals surface area (Å²) in [6.45, 7) is 3.21. The molecule has 0 fully saturated rings. The fourth-order valence-corrected chi connectivity index (χ4v) is 0.289. The van der Waals surface area contributed by atoms with Gasteiger partial charge in [0.15, 0.2) is 0 Å². The van der Waals surface area contributed by atoms with E-state index in [-0.39, 0.29) is 5.75 Å². The highest BCUT2D eigenvalue weighted by Crippen LogP contribution is 1.69. The van der Waals surface area contributed by atoms with Crippen LogP contribution in [0.3, 0.4) is 0 Å². The second-order valence-corrected chi connectivity index (χ2v) is 1.70. The van der Waals surface area contributed by atoms with Crippen molar-refractivity contribution in [3.05, 3.63) is 12.7 Å². The average Bonchev–Trinajstić information content (AvgIpc) is 1.35. The molecule has 0 heterocycles. The summed E-state index contributed by atoms with van der Waals surface area (Å²) in [6, 6.07) is 0. The lowest BCUT2D eigenvalue weighted by Crippen LogP contribution is -1.87. The number of hydrogen-bond donors (Lipinski definition) is 0. The van der Waals surface area contributed by atoms with Crippen molar-refractivity contribution in [2.75, 3.05) is 5.75 Å². The molecule has 1 atom stereocenters. The topological polar surface area (TPSA) is 40.1 Å². The summed E-state index contributed by atoms with van der Waals surface area (Å²) < 4.78 is 19.1. The second-order valence-electron chi connectivity index (χ2n) is 0.759. The lowest BCUT2D eigenvalue weighted by molar-refractivity contribution is 0.540.